The van der Waals surface area contributed by atoms with Gasteiger partial charge in [-0.2, -0.15) is 0 Å². The van der Waals surface area contributed by atoms with E-state index in [1.54, 1.807) is 6.08 Å². The average Bonchev–Trinajstić information content (AvgIpc) is 3.68. The SMILES string of the molecule is CC/C=C\C/C=C\C/C=C\C/C=C\C/C=C\C/C=C\C/C=C\C/C=C\C/C=C\C/C=C\CCCCCCCCCCCCC(=O)NC(COC1OC(CO)C(O)C(O)C1O)C(O)/C=C/CC/C=C/CC/C=C/CCCCCCCCCCCCC. The van der Waals surface area contributed by atoms with Crippen LogP contribution in [0, 0.1) is 0 Å². The summed E-state index contributed by atoms with van der Waals surface area (Å²) in [6, 6.07) is -0.842. The molecule has 482 valence electrons. The molecule has 0 radical (unpaired) electrons. The Balaban J connectivity index is 2.18. The number of rotatable bonds is 57. The quantitative estimate of drug-likeness (QED) is 0.0261. The third-order valence-corrected chi connectivity index (χ3v) is 15.1. The molecule has 1 heterocycles. The van der Waals surface area contributed by atoms with Gasteiger partial charge in [-0.3, -0.25) is 4.79 Å². The van der Waals surface area contributed by atoms with Crippen molar-refractivity contribution >= 4 is 5.91 Å². The molecule has 0 aromatic carbocycles. The van der Waals surface area contributed by atoms with Gasteiger partial charge in [-0.1, -0.05) is 287 Å². The van der Waals surface area contributed by atoms with Crippen molar-refractivity contribution in [3.05, 3.63) is 158 Å². The molecule has 7 unspecified atom stereocenters. The first-order valence-corrected chi connectivity index (χ1v) is 34.2. The van der Waals surface area contributed by atoms with Crippen molar-refractivity contribution in [3.63, 3.8) is 0 Å². The number of nitrogens with one attached hydrogen (secondary N) is 1. The lowest BCUT2D eigenvalue weighted by molar-refractivity contribution is -0.302. The first kappa shape index (κ1) is 78.8. The summed E-state index contributed by atoms with van der Waals surface area (Å²) >= 11 is 0. The number of unbranched alkanes of at least 4 members (excludes halogenated alkanes) is 23. The minimum atomic E-state index is -1.58. The molecule has 0 aromatic rings. The predicted octanol–water partition coefficient (Wildman–Crippen LogP) is 18.7. The van der Waals surface area contributed by atoms with Gasteiger partial charge in [0, 0.05) is 6.42 Å². The molecule has 1 amide bonds. The lowest BCUT2D eigenvalue weighted by Gasteiger charge is -2.40. The standard InChI is InChI=1S/C76H125NO8/c1-3-5-7-9-11-13-15-17-19-21-23-25-26-27-28-29-30-31-32-33-34-35-36-37-38-39-40-41-42-43-44-46-48-50-52-54-56-58-60-62-64-66-72(80)77-69(68-84-76-75(83)74(82)73(81)71(67-78)85-76)70(79)65-63-61-59-57-55-53-51-49-47-45-24-22-20-18-16-14-12-10-8-6-4-2/h5,7,11,13,17,19,23,25,27-28,30-31,33-34,36-37,39-40,42-43,47,49,55,57,63,65,69-71,73-76,78-79,81-83H,3-4,6,8-10,12,14-16,18,20-22,24,26,29,32,35,38,41,44-46,48,50-54,56,58-62,64,66-68H2,1-2H3,(H,77,80)/b7-5-,13-11-,19-17-,25-23-,28-27-,31-30-,34-33-,37-36-,40-39-,43-42-,49-47+,57-55+,65-63+. The summed E-state index contributed by atoms with van der Waals surface area (Å²) in [6.45, 7) is 3.64. The molecule has 1 rings (SSSR count). The molecule has 7 atom stereocenters. The Kier molecular flexibility index (Phi) is 58.3. The highest BCUT2D eigenvalue weighted by Gasteiger charge is 2.44. The van der Waals surface area contributed by atoms with Crippen LogP contribution in [0.4, 0.5) is 0 Å². The lowest BCUT2D eigenvalue weighted by Crippen LogP contribution is -2.60. The molecule has 6 N–H and O–H groups in total. The van der Waals surface area contributed by atoms with E-state index in [4.69, 9.17) is 9.47 Å². The van der Waals surface area contributed by atoms with Crippen molar-refractivity contribution in [2.24, 2.45) is 0 Å². The average molecular weight is 1180 g/mol. The summed E-state index contributed by atoms with van der Waals surface area (Å²) in [7, 11) is 0. The van der Waals surface area contributed by atoms with Gasteiger partial charge in [-0.15, -0.1) is 0 Å². The number of carbonyl (C=O) groups excluding carboxylic acids is 1. The molecular formula is C76H125NO8. The number of amides is 1. The van der Waals surface area contributed by atoms with Crippen LogP contribution < -0.4 is 5.32 Å². The predicted molar refractivity (Wildman–Crippen MR) is 363 cm³/mol. The second kappa shape index (κ2) is 62.8. The Morgan fingerprint density at radius 2 is 0.741 bits per heavy atom. The fourth-order valence-electron chi connectivity index (χ4n) is 9.75. The van der Waals surface area contributed by atoms with Crippen LogP contribution in [0.15, 0.2) is 158 Å². The van der Waals surface area contributed by atoms with Gasteiger partial charge in [0.25, 0.3) is 0 Å². The fourth-order valence-corrected chi connectivity index (χ4v) is 9.75. The number of aliphatic hydroxyl groups excluding tert-OH is 5. The first-order valence-electron chi connectivity index (χ1n) is 34.2. The zero-order valence-corrected chi connectivity index (χ0v) is 53.8. The topological polar surface area (TPSA) is 149 Å². The molecule has 0 saturated carbocycles. The number of hydrogen-bond donors (Lipinski definition) is 6. The van der Waals surface area contributed by atoms with Gasteiger partial charge in [0.1, 0.15) is 24.4 Å². The van der Waals surface area contributed by atoms with E-state index in [0.717, 1.165) is 128 Å². The van der Waals surface area contributed by atoms with Crippen molar-refractivity contribution in [2.75, 3.05) is 13.2 Å². The minimum Gasteiger partial charge on any atom is -0.394 e. The van der Waals surface area contributed by atoms with Gasteiger partial charge >= 0.3 is 0 Å². The molecule has 9 nitrogen and oxygen atoms in total. The summed E-state index contributed by atoms with van der Waals surface area (Å²) in [6.07, 6.45) is 91.9. The van der Waals surface area contributed by atoms with Crippen LogP contribution in [0.25, 0.3) is 0 Å². The van der Waals surface area contributed by atoms with Gasteiger partial charge in [-0.25, -0.2) is 0 Å². The molecule has 1 aliphatic rings. The van der Waals surface area contributed by atoms with Crippen LogP contribution in [0.2, 0.25) is 0 Å². The second-order valence-corrected chi connectivity index (χ2v) is 22.9. The van der Waals surface area contributed by atoms with Crippen LogP contribution in [0.1, 0.15) is 258 Å². The van der Waals surface area contributed by atoms with Crippen molar-refractivity contribution < 1.29 is 39.8 Å². The molecule has 1 aliphatic heterocycles. The van der Waals surface area contributed by atoms with E-state index in [-0.39, 0.29) is 12.5 Å². The molecule has 0 aliphatic carbocycles. The molecule has 1 fully saturated rings. The maximum atomic E-state index is 13.1. The van der Waals surface area contributed by atoms with E-state index in [2.05, 4.69) is 165 Å². The summed E-state index contributed by atoms with van der Waals surface area (Å²) in [4.78, 5) is 13.1. The zero-order valence-electron chi connectivity index (χ0n) is 53.8. The zero-order chi connectivity index (χ0) is 61.4. The number of aliphatic hydroxyl groups is 5. The van der Waals surface area contributed by atoms with E-state index >= 15 is 0 Å². The van der Waals surface area contributed by atoms with Gasteiger partial charge < -0.3 is 40.3 Å². The summed E-state index contributed by atoms with van der Waals surface area (Å²) in [5.41, 5.74) is 0. The normalized spacial score (nSPS) is 19.2. The number of hydrogen-bond acceptors (Lipinski definition) is 8. The third-order valence-electron chi connectivity index (χ3n) is 15.1. The number of carbonyl (C=O) groups is 1. The van der Waals surface area contributed by atoms with Gasteiger partial charge in [0.2, 0.25) is 5.91 Å². The first-order chi connectivity index (χ1) is 41.8. The van der Waals surface area contributed by atoms with E-state index in [9.17, 15) is 30.3 Å². The highest BCUT2D eigenvalue weighted by molar-refractivity contribution is 5.76. The summed E-state index contributed by atoms with van der Waals surface area (Å²) in [5, 5.41) is 54.6. The Morgan fingerprint density at radius 1 is 0.412 bits per heavy atom. The molecule has 0 bridgehead atoms. The number of allylic oxidation sites excluding steroid dienone is 25. The summed E-state index contributed by atoms with van der Waals surface area (Å²) in [5.74, 6) is -0.201. The van der Waals surface area contributed by atoms with E-state index in [1.165, 1.54) is 109 Å². The van der Waals surface area contributed by atoms with Crippen LogP contribution in [0.3, 0.4) is 0 Å². The monoisotopic (exact) mass is 1180 g/mol. The molecule has 0 aromatic heterocycles. The summed E-state index contributed by atoms with van der Waals surface area (Å²) < 4.78 is 11.3. The molecule has 0 spiro atoms. The van der Waals surface area contributed by atoms with Crippen LogP contribution >= 0.6 is 0 Å². The smallest absolute Gasteiger partial charge is 0.220 e. The second-order valence-electron chi connectivity index (χ2n) is 22.9. The van der Waals surface area contributed by atoms with Crippen molar-refractivity contribution in [1.82, 2.24) is 5.32 Å². The Labute approximate surface area is 520 Å². The van der Waals surface area contributed by atoms with E-state index in [0.29, 0.717) is 6.42 Å². The molecule has 9 heteroatoms. The van der Waals surface area contributed by atoms with E-state index < -0.39 is 49.5 Å². The molecule has 85 heavy (non-hydrogen) atoms. The fraction of sp³-hybridized carbons (Fsp3) is 0.645. The van der Waals surface area contributed by atoms with Crippen molar-refractivity contribution in [1.29, 1.82) is 0 Å². The van der Waals surface area contributed by atoms with Crippen molar-refractivity contribution in [3.8, 4) is 0 Å². The van der Waals surface area contributed by atoms with Crippen LogP contribution in [-0.4, -0.2) is 87.5 Å². The highest BCUT2D eigenvalue weighted by atomic mass is 16.7. The largest absolute Gasteiger partial charge is 0.394 e. The Morgan fingerprint density at radius 3 is 1.13 bits per heavy atom. The van der Waals surface area contributed by atoms with Crippen LogP contribution in [-0.2, 0) is 14.3 Å². The highest BCUT2D eigenvalue weighted by Crippen LogP contribution is 2.23. The lowest BCUT2D eigenvalue weighted by atomic mass is 9.99. The third kappa shape index (κ3) is 51.6. The maximum Gasteiger partial charge on any atom is 0.220 e. The van der Waals surface area contributed by atoms with E-state index in [1.807, 2.05) is 6.08 Å². The van der Waals surface area contributed by atoms with Gasteiger partial charge in [0.15, 0.2) is 6.29 Å². The molecular weight excluding hydrogens is 1050 g/mol. The number of ether oxygens (including phenoxy) is 2. The van der Waals surface area contributed by atoms with Gasteiger partial charge in [-0.05, 0) is 122 Å². The van der Waals surface area contributed by atoms with Gasteiger partial charge in [0.05, 0.1) is 25.4 Å². The maximum absolute atomic E-state index is 13.1. The Hall–Kier alpha value is -4.19. The van der Waals surface area contributed by atoms with Crippen LogP contribution in [0.5, 0.6) is 0 Å². The molecule has 1 saturated heterocycles. The van der Waals surface area contributed by atoms with Crippen molar-refractivity contribution in [2.45, 2.75) is 301 Å². The Bertz CT molecular complexity index is 1900. The minimum absolute atomic E-state index is 0.201.